The highest BCUT2D eigenvalue weighted by molar-refractivity contribution is 6.32. The van der Waals surface area contributed by atoms with Crippen LogP contribution >= 0.6 is 11.6 Å². The molecule has 1 aliphatic heterocycles. The summed E-state index contributed by atoms with van der Waals surface area (Å²) in [4.78, 5) is 14.1. The van der Waals surface area contributed by atoms with Gasteiger partial charge in [-0.25, -0.2) is 0 Å². The Hall–Kier alpha value is -1.04. The van der Waals surface area contributed by atoms with E-state index in [9.17, 15) is 4.79 Å². The molecule has 2 atom stereocenters. The van der Waals surface area contributed by atoms with Crippen LogP contribution in [0, 0.1) is 0 Å². The van der Waals surface area contributed by atoms with Gasteiger partial charge in [0.05, 0.1) is 30.6 Å². The number of hydrogen-bond acceptors (Lipinski definition) is 4. The highest BCUT2D eigenvalue weighted by Gasteiger charge is 2.36. The lowest BCUT2D eigenvalue weighted by atomic mass is 10.2. The Kier molecular flexibility index (Phi) is 4.27. The van der Waals surface area contributed by atoms with E-state index >= 15 is 0 Å². The van der Waals surface area contributed by atoms with Crippen LogP contribution in [0.4, 0.5) is 0 Å². The highest BCUT2D eigenvalue weighted by atomic mass is 35.5. The van der Waals surface area contributed by atoms with Gasteiger partial charge >= 0.3 is 0 Å². The molecule has 6 heteroatoms. The van der Waals surface area contributed by atoms with Crippen LogP contribution in [0.3, 0.4) is 0 Å². The van der Waals surface area contributed by atoms with E-state index in [2.05, 4.69) is 0 Å². The third-order valence-electron chi connectivity index (χ3n) is 3.18. The molecule has 1 aromatic rings. The summed E-state index contributed by atoms with van der Waals surface area (Å²) in [7, 11) is 3.26. The Bertz CT molecular complexity index is 420. The zero-order valence-electron chi connectivity index (χ0n) is 10.4. The minimum Gasteiger partial charge on any atom is -0.452 e. The van der Waals surface area contributed by atoms with E-state index < -0.39 is 0 Å². The molecule has 1 saturated heterocycles. The van der Waals surface area contributed by atoms with Crippen molar-refractivity contribution in [2.24, 2.45) is 0 Å². The van der Waals surface area contributed by atoms with Crippen LogP contribution in [0.2, 0.25) is 5.22 Å². The molecule has 2 rings (SSSR count). The fourth-order valence-corrected chi connectivity index (χ4v) is 2.44. The predicted octanol–water partition coefficient (Wildman–Crippen LogP) is 1.81. The molecule has 1 aliphatic rings. The number of halogens is 1. The fraction of sp³-hybridized carbons (Fsp3) is 0.583. The summed E-state index contributed by atoms with van der Waals surface area (Å²) in [6.45, 7) is 1.03. The molecule has 2 heterocycles. The molecule has 5 nitrogen and oxygen atoms in total. The van der Waals surface area contributed by atoms with E-state index in [1.54, 1.807) is 25.2 Å². The highest BCUT2D eigenvalue weighted by Crippen LogP contribution is 2.25. The molecule has 0 saturated carbocycles. The Morgan fingerprint density at radius 3 is 2.94 bits per heavy atom. The minimum atomic E-state index is -0.143. The molecule has 1 amide bonds. The van der Waals surface area contributed by atoms with E-state index in [4.69, 9.17) is 25.5 Å². The standard InChI is InChI=1S/C12H16ClNO4/c1-16-7-8-5-9(17-2)6-14(8)12(15)10-3-4-18-11(10)13/h3-4,8-9H,5-7H2,1-2H3/t8-,9-/m0/s1. The minimum absolute atomic E-state index is 0.0124. The zero-order valence-corrected chi connectivity index (χ0v) is 11.1. The Morgan fingerprint density at radius 2 is 2.39 bits per heavy atom. The molecule has 0 aliphatic carbocycles. The number of furan rings is 1. The summed E-state index contributed by atoms with van der Waals surface area (Å²) in [5, 5.41) is 0.122. The average molecular weight is 274 g/mol. The van der Waals surface area contributed by atoms with Crippen LogP contribution in [-0.4, -0.2) is 50.3 Å². The summed E-state index contributed by atoms with van der Waals surface area (Å²) in [6, 6.07) is 1.59. The van der Waals surface area contributed by atoms with E-state index in [-0.39, 0.29) is 23.3 Å². The van der Waals surface area contributed by atoms with Gasteiger partial charge in [0.15, 0.2) is 0 Å². The van der Waals surface area contributed by atoms with E-state index in [1.807, 2.05) is 0 Å². The van der Waals surface area contributed by atoms with Crippen LogP contribution in [-0.2, 0) is 9.47 Å². The van der Waals surface area contributed by atoms with Crippen LogP contribution in [0.1, 0.15) is 16.8 Å². The number of rotatable bonds is 4. The average Bonchev–Trinajstić information content (AvgIpc) is 2.95. The first-order valence-corrected chi connectivity index (χ1v) is 6.10. The number of carbonyl (C=O) groups is 1. The number of amides is 1. The molecule has 0 radical (unpaired) electrons. The second-order valence-electron chi connectivity index (χ2n) is 4.27. The van der Waals surface area contributed by atoms with Crippen molar-refractivity contribution in [1.29, 1.82) is 0 Å². The maximum atomic E-state index is 12.3. The van der Waals surface area contributed by atoms with Crippen molar-refractivity contribution >= 4 is 17.5 Å². The van der Waals surface area contributed by atoms with Gasteiger partial charge in [0, 0.05) is 20.8 Å². The molecule has 0 N–H and O–H groups in total. The van der Waals surface area contributed by atoms with Gasteiger partial charge in [0.1, 0.15) is 0 Å². The van der Waals surface area contributed by atoms with E-state index in [0.29, 0.717) is 18.7 Å². The Morgan fingerprint density at radius 1 is 1.61 bits per heavy atom. The van der Waals surface area contributed by atoms with Crippen LogP contribution in [0.5, 0.6) is 0 Å². The van der Waals surface area contributed by atoms with Crippen LogP contribution in [0.15, 0.2) is 16.7 Å². The number of hydrogen-bond donors (Lipinski definition) is 0. The number of carbonyl (C=O) groups excluding carboxylic acids is 1. The molecule has 1 fully saturated rings. The third-order valence-corrected chi connectivity index (χ3v) is 3.47. The summed E-state index contributed by atoms with van der Waals surface area (Å²) < 4.78 is 15.4. The molecular formula is C12H16ClNO4. The molecule has 0 unspecified atom stereocenters. The number of nitrogens with zero attached hydrogens (tertiary/aromatic N) is 1. The smallest absolute Gasteiger partial charge is 0.259 e. The largest absolute Gasteiger partial charge is 0.452 e. The summed E-state index contributed by atoms with van der Waals surface area (Å²) >= 11 is 5.83. The quantitative estimate of drug-likeness (QED) is 0.840. The van der Waals surface area contributed by atoms with Gasteiger partial charge in [-0.15, -0.1) is 0 Å². The molecule has 0 spiro atoms. The lowest BCUT2D eigenvalue weighted by molar-refractivity contribution is 0.0611. The van der Waals surface area contributed by atoms with Crippen LogP contribution in [0.25, 0.3) is 0 Å². The number of likely N-dealkylation sites (tertiary alicyclic amines) is 1. The maximum Gasteiger partial charge on any atom is 0.259 e. The van der Waals surface area contributed by atoms with Crippen molar-refractivity contribution < 1.29 is 18.7 Å². The first-order chi connectivity index (χ1) is 8.67. The second kappa shape index (κ2) is 5.73. The first-order valence-electron chi connectivity index (χ1n) is 5.73. The van der Waals surface area contributed by atoms with Crippen LogP contribution < -0.4 is 0 Å². The number of ether oxygens (including phenoxy) is 2. The van der Waals surface area contributed by atoms with Gasteiger partial charge in [-0.05, 0) is 24.1 Å². The lowest BCUT2D eigenvalue weighted by Crippen LogP contribution is -2.38. The monoisotopic (exact) mass is 273 g/mol. The molecule has 18 heavy (non-hydrogen) atoms. The molecule has 0 aromatic carbocycles. The predicted molar refractivity (Wildman–Crippen MR) is 65.8 cm³/mol. The van der Waals surface area contributed by atoms with Crippen molar-refractivity contribution in [2.45, 2.75) is 18.6 Å². The topological polar surface area (TPSA) is 51.9 Å². The van der Waals surface area contributed by atoms with Gasteiger partial charge in [-0.1, -0.05) is 0 Å². The van der Waals surface area contributed by atoms with E-state index in [0.717, 1.165) is 6.42 Å². The first kappa shape index (κ1) is 13.4. The molecule has 100 valence electrons. The normalized spacial score (nSPS) is 23.6. The van der Waals surface area contributed by atoms with Gasteiger partial charge < -0.3 is 18.8 Å². The van der Waals surface area contributed by atoms with Crippen molar-refractivity contribution in [3.05, 3.63) is 23.1 Å². The maximum absolute atomic E-state index is 12.3. The summed E-state index contributed by atoms with van der Waals surface area (Å²) in [5.41, 5.74) is 0.384. The Balaban J connectivity index is 2.15. The summed E-state index contributed by atoms with van der Waals surface area (Å²) in [6.07, 6.45) is 2.22. The third kappa shape index (κ3) is 2.53. The van der Waals surface area contributed by atoms with Gasteiger partial charge in [-0.2, -0.15) is 0 Å². The molecule has 1 aromatic heterocycles. The van der Waals surface area contributed by atoms with Crippen molar-refractivity contribution in [3.8, 4) is 0 Å². The fourth-order valence-electron chi connectivity index (χ4n) is 2.24. The molecular weight excluding hydrogens is 258 g/mol. The van der Waals surface area contributed by atoms with Crippen molar-refractivity contribution in [3.63, 3.8) is 0 Å². The number of methoxy groups -OCH3 is 2. The van der Waals surface area contributed by atoms with Crippen molar-refractivity contribution in [1.82, 2.24) is 4.90 Å². The van der Waals surface area contributed by atoms with Gasteiger partial charge in [0.25, 0.3) is 5.91 Å². The second-order valence-corrected chi connectivity index (χ2v) is 4.61. The zero-order chi connectivity index (χ0) is 13.1. The van der Waals surface area contributed by atoms with Gasteiger partial charge in [0.2, 0.25) is 5.22 Å². The van der Waals surface area contributed by atoms with Crippen molar-refractivity contribution in [2.75, 3.05) is 27.4 Å². The SMILES string of the molecule is COC[C@@H]1C[C@H](OC)CN1C(=O)c1ccoc1Cl. The lowest BCUT2D eigenvalue weighted by Gasteiger charge is -2.23. The van der Waals surface area contributed by atoms with Gasteiger partial charge in [-0.3, -0.25) is 4.79 Å². The summed E-state index contributed by atoms with van der Waals surface area (Å²) in [5.74, 6) is -0.143. The van der Waals surface area contributed by atoms with E-state index in [1.165, 1.54) is 6.26 Å². The Labute approximate surface area is 111 Å². The molecule has 0 bridgehead atoms.